The van der Waals surface area contributed by atoms with E-state index in [4.69, 9.17) is 5.26 Å². The largest absolute Gasteiger partial charge is 0.348 e. The van der Waals surface area contributed by atoms with Crippen LogP contribution in [0.5, 0.6) is 0 Å². The molecular formula is C27H27N3OS. The zero-order valence-electron chi connectivity index (χ0n) is 18.1. The number of amides is 1. The lowest BCUT2D eigenvalue weighted by atomic mass is 10.1. The van der Waals surface area contributed by atoms with Gasteiger partial charge in [-0.3, -0.25) is 9.69 Å². The minimum atomic E-state index is -0.0519. The molecule has 0 bridgehead atoms. The molecule has 1 fully saturated rings. The van der Waals surface area contributed by atoms with Gasteiger partial charge in [0.25, 0.3) is 5.91 Å². The second-order valence-electron chi connectivity index (χ2n) is 8.03. The van der Waals surface area contributed by atoms with E-state index in [9.17, 15) is 4.79 Å². The monoisotopic (exact) mass is 441 g/mol. The maximum atomic E-state index is 13.0. The van der Waals surface area contributed by atoms with Gasteiger partial charge >= 0.3 is 0 Å². The van der Waals surface area contributed by atoms with Crippen LogP contribution >= 0.6 is 11.8 Å². The Morgan fingerprint density at radius 2 is 1.62 bits per heavy atom. The van der Waals surface area contributed by atoms with Gasteiger partial charge in [0.1, 0.15) is 0 Å². The van der Waals surface area contributed by atoms with Gasteiger partial charge in [0.05, 0.1) is 17.2 Å². The summed E-state index contributed by atoms with van der Waals surface area (Å²) in [6.45, 7) is 3.79. The molecule has 0 unspecified atom stereocenters. The topological polar surface area (TPSA) is 56.1 Å². The van der Waals surface area contributed by atoms with Crippen molar-refractivity contribution in [2.75, 3.05) is 13.1 Å². The van der Waals surface area contributed by atoms with Crippen molar-refractivity contribution >= 4 is 17.7 Å². The Kier molecular flexibility index (Phi) is 7.60. The number of nitrogens with one attached hydrogen (secondary N) is 1. The third-order valence-electron chi connectivity index (χ3n) is 5.76. The number of carbonyl (C=O) groups excluding carboxylic acids is 1. The summed E-state index contributed by atoms with van der Waals surface area (Å²) in [7, 11) is 0. The van der Waals surface area contributed by atoms with Crippen molar-refractivity contribution < 1.29 is 4.79 Å². The molecule has 3 aromatic rings. The van der Waals surface area contributed by atoms with Crippen LogP contribution in [0.3, 0.4) is 0 Å². The highest BCUT2D eigenvalue weighted by Gasteiger charge is 2.15. The van der Waals surface area contributed by atoms with E-state index in [1.807, 2.05) is 54.6 Å². The van der Waals surface area contributed by atoms with Crippen LogP contribution in [0.25, 0.3) is 0 Å². The average Bonchev–Trinajstić information content (AvgIpc) is 3.35. The Bertz CT molecular complexity index is 1100. The molecule has 32 heavy (non-hydrogen) atoms. The van der Waals surface area contributed by atoms with Gasteiger partial charge in [-0.15, -0.1) is 11.8 Å². The molecule has 3 aromatic carbocycles. The van der Waals surface area contributed by atoms with E-state index in [-0.39, 0.29) is 5.91 Å². The van der Waals surface area contributed by atoms with E-state index >= 15 is 0 Å². The van der Waals surface area contributed by atoms with Crippen LogP contribution in [0.2, 0.25) is 0 Å². The average molecular weight is 442 g/mol. The molecule has 5 heteroatoms. The molecule has 0 spiro atoms. The standard InChI is InChI=1S/C27H27N3OS/c28-17-21-11-13-22(14-12-21)20-32-26-10-4-3-9-25(26)27(31)29-18-23-7-1-2-8-24(23)19-30-15-5-6-16-30/h1-4,7-14H,5-6,15-16,18-20H2,(H,29,31). The summed E-state index contributed by atoms with van der Waals surface area (Å²) < 4.78 is 0. The van der Waals surface area contributed by atoms with Gasteiger partial charge in [-0.25, -0.2) is 0 Å². The highest BCUT2D eigenvalue weighted by atomic mass is 32.2. The SMILES string of the molecule is N#Cc1ccc(CSc2ccccc2C(=O)NCc2ccccc2CN2CCCC2)cc1. The summed E-state index contributed by atoms with van der Waals surface area (Å²) in [5.41, 5.74) is 4.94. The first-order chi connectivity index (χ1) is 15.7. The molecule has 0 aromatic heterocycles. The third kappa shape index (κ3) is 5.79. The predicted octanol–water partition coefficient (Wildman–Crippen LogP) is 5.38. The number of nitrogens with zero attached hydrogens (tertiary/aromatic N) is 2. The summed E-state index contributed by atoms with van der Waals surface area (Å²) >= 11 is 1.64. The first kappa shape index (κ1) is 22.1. The summed E-state index contributed by atoms with van der Waals surface area (Å²) in [6, 6.07) is 25.9. The molecule has 0 atom stereocenters. The van der Waals surface area contributed by atoms with E-state index in [0.717, 1.165) is 35.8 Å². The molecule has 162 valence electrons. The maximum Gasteiger partial charge on any atom is 0.252 e. The molecule has 4 rings (SSSR count). The summed E-state index contributed by atoms with van der Waals surface area (Å²) in [6.07, 6.45) is 2.55. The summed E-state index contributed by atoms with van der Waals surface area (Å²) in [5.74, 6) is 0.693. The van der Waals surface area contributed by atoms with Crippen molar-refractivity contribution in [3.8, 4) is 6.07 Å². The molecule has 0 saturated carbocycles. The minimum Gasteiger partial charge on any atom is -0.348 e. The maximum absolute atomic E-state index is 13.0. The molecule has 1 amide bonds. The normalized spacial score (nSPS) is 13.6. The molecule has 0 aliphatic carbocycles. The van der Waals surface area contributed by atoms with E-state index in [0.29, 0.717) is 17.7 Å². The van der Waals surface area contributed by atoms with Gasteiger partial charge in [-0.05, 0) is 66.9 Å². The lowest BCUT2D eigenvalue weighted by Gasteiger charge is -2.18. The number of thioether (sulfide) groups is 1. The van der Waals surface area contributed by atoms with Gasteiger partial charge in [0.15, 0.2) is 0 Å². The minimum absolute atomic E-state index is 0.0519. The van der Waals surface area contributed by atoms with Crippen LogP contribution in [-0.4, -0.2) is 23.9 Å². The Labute approximate surface area is 194 Å². The highest BCUT2D eigenvalue weighted by Crippen LogP contribution is 2.26. The predicted molar refractivity (Wildman–Crippen MR) is 129 cm³/mol. The number of hydrogen-bond donors (Lipinski definition) is 1. The zero-order chi connectivity index (χ0) is 22.2. The van der Waals surface area contributed by atoms with Crippen molar-refractivity contribution in [3.63, 3.8) is 0 Å². The second-order valence-corrected chi connectivity index (χ2v) is 9.05. The summed E-state index contributed by atoms with van der Waals surface area (Å²) in [5, 5.41) is 12.1. The smallest absolute Gasteiger partial charge is 0.252 e. The van der Waals surface area contributed by atoms with Crippen LogP contribution in [0.1, 0.15) is 45.5 Å². The Morgan fingerprint density at radius 1 is 0.938 bits per heavy atom. The Hall–Kier alpha value is -3.07. The van der Waals surface area contributed by atoms with Crippen LogP contribution in [-0.2, 0) is 18.8 Å². The molecule has 1 heterocycles. The van der Waals surface area contributed by atoms with Crippen molar-refractivity contribution in [2.45, 2.75) is 36.6 Å². The van der Waals surface area contributed by atoms with E-state index in [1.54, 1.807) is 11.8 Å². The molecule has 1 aliphatic heterocycles. The van der Waals surface area contributed by atoms with Gasteiger partial charge in [-0.1, -0.05) is 48.5 Å². The van der Waals surface area contributed by atoms with E-state index < -0.39 is 0 Å². The zero-order valence-corrected chi connectivity index (χ0v) is 18.9. The fourth-order valence-corrected chi connectivity index (χ4v) is 4.96. The Morgan fingerprint density at radius 3 is 2.38 bits per heavy atom. The van der Waals surface area contributed by atoms with Crippen LogP contribution in [0.15, 0.2) is 77.7 Å². The first-order valence-corrected chi connectivity index (χ1v) is 12.0. The van der Waals surface area contributed by atoms with E-state index in [1.165, 1.54) is 24.0 Å². The van der Waals surface area contributed by atoms with E-state index in [2.05, 4.69) is 34.5 Å². The second kappa shape index (κ2) is 11.0. The molecule has 1 N–H and O–H groups in total. The number of carbonyl (C=O) groups is 1. The van der Waals surface area contributed by atoms with Crippen molar-refractivity contribution in [2.24, 2.45) is 0 Å². The van der Waals surface area contributed by atoms with Gasteiger partial charge < -0.3 is 5.32 Å². The number of likely N-dealkylation sites (tertiary alicyclic amines) is 1. The molecule has 1 aliphatic rings. The van der Waals surface area contributed by atoms with Crippen molar-refractivity contribution in [1.29, 1.82) is 5.26 Å². The number of rotatable bonds is 8. The van der Waals surface area contributed by atoms with Crippen molar-refractivity contribution in [1.82, 2.24) is 10.2 Å². The molecule has 0 radical (unpaired) electrons. The fourth-order valence-electron chi connectivity index (χ4n) is 3.95. The van der Waals surface area contributed by atoms with Gasteiger partial charge in [0, 0.05) is 23.7 Å². The molecule has 1 saturated heterocycles. The molecule has 4 nitrogen and oxygen atoms in total. The summed E-state index contributed by atoms with van der Waals surface area (Å²) in [4.78, 5) is 16.5. The van der Waals surface area contributed by atoms with Crippen LogP contribution in [0, 0.1) is 11.3 Å². The number of nitriles is 1. The van der Waals surface area contributed by atoms with Crippen LogP contribution < -0.4 is 5.32 Å². The Balaban J connectivity index is 1.39. The van der Waals surface area contributed by atoms with Gasteiger partial charge in [0.2, 0.25) is 0 Å². The lowest BCUT2D eigenvalue weighted by Crippen LogP contribution is -2.25. The van der Waals surface area contributed by atoms with Crippen molar-refractivity contribution in [3.05, 3.63) is 101 Å². The molecular weight excluding hydrogens is 414 g/mol. The quantitative estimate of drug-likeness (QED) is 0.477. The lowest BCUT2D eigenvalue weighted by molar-refractivity contribution is 0.0948. The first-order valence-electron chi connectivity index (χ1n) is 11.0. The van der Waals surface area contributed by atoms with Crippen LogP contribution in [0.4, 0.5) is 0 Å². The van der Waals surface area contributed by atoms with Gasteiger partial charge in [-0.2, -0.15) is 5.26 Å². The number of benzene rings is 3. The highest BCUT2D eigenvalue weighted by molar-refractivity contribution is 7.98. The third-order valence-corrected chi connectivity index (χ3v) is 6.90. The fraction of sp³-hybridized carbons (Fsp3) is 0.259. The number of hydrogen-bond acceptors (Lipinski definition) is 4.